The van der Waals surface area contributed by atoms with Gasteiger partial charge in [0.1, 0.15) is 5.82 Å². The molecule has 0 heterocycles. The van der Waals surface area contributed by atoms with E-state index in [1.54, 1.807) is 36.4 Å². The van der Waals surface area contributed by atoms with Crippen molar-refractivity contribution in [3.63, 3.8) is 0 Å². The number of halogens is 1. The van der Waals surface area contributed by atoms with E-state index in [1.165, 1.54) is 17.7 Å². The molecule has 0 spiro atoms. The van der Waals surface area contributed by atoms with Crippen LogP contribution in [0.25, 0.3) is 0 Å². The Morgan fingerprint density at radius 3 is 2.29 bits per heavy atom. The number of rotatable bonds is 8. The Hall–Kier alpha value is -3.67. The van der Waals surface area contributed by atoms with Crippen LogP contribution < -0.4 is 16.0 Å². The first-order valence-electron chi connectivity index (χ1n) is 10.1. The summed E-state index contributed by atoms with van der Waals surface area (Å²) < 4.78 is 12.9. The van der Waals surface area contributed by atoms with Gasteiger partial charge in [-0.2, -0.15) is 0 Å². The minimum atomic E-state index is -0.277. The molecule has 0 unspecified atom stereocenters. The van der Waals surface area contributed by atoms with Crippen LogP contribution in [0, 0.1) is 19.7 Å². The predicted molar refractivity (Wildman–Crippen MR) is 122 cm³/mol. The van der Waals surface area contributed by atoms with Gasteiger partial charge in [0.15, 0.2) is 0 Å². The van der Waals surface area contributed by atoms with E-state index in [1.807, 2.05) is 26.0 Å². The number of aryl methyl sites for hydroxylation is 2. The van der Waals surface area contributed by atoms with E-state index in [0.717, 1.165) is 16.8 Å². The molecule has 3 aromatic rings. The van der Waals surface area contributed by atoms with E-state index in [0.29, 0.717) is 24.2 Å². The summed E-state index contributed by atoms with van der Waals surface area (Å²) >= 11 is 0. The van der Waals surface area contributed by atoms with Crippen molar-refractivity contribution in [3.8, 4) is 0 Å². The van der Waals surface area contributed by atoms with Gasteiger partial charge in [-0.1, -0.05) is 29.8 Å². The highest BCUT2D eigenvalue weighted by molar-refractivity contribution is 5.96. The number of carbonyl (C=O) groups is 2. The second-order valence-electron chi connectivity index (χ2n) is 7.43. The van der Waals surface area contributed by atoms with E-state index in [2.05, 4.69) is 22.0 Å². The summed E-state index contributed by atoms with van der Waals surface area (Å²) in [6, 6.07) is 19.0. The highest BCUT2D eigenvalue weighted by Crippen LogP contribution is 2.16. The average Bonchev–Trinajstić information content (AvgIpc) is 2.75. The van der Waals surface area contributed by atoms with Gasteiger partial charge in [-0.25, -0.2) is 4.39 Å². The van der Waals surface area contributed by atoms with Gasteiger partial charge in [-0.3, -0.25) is 9.59 Å². The smallest absolute Gasteiger partial charge is 0.251 e. The molecule has 0 radical (unpaired) electrons. The van der Waals surface area contributed by atoms with Crippen molar-refractivity contribution in [2.45, 2.75) is 20.3 Å². The zero-order valence-corrected chi connectivity index (χ0v) is 17.7. The van der Waals surface area contributed by atoms with Gasteiger partial charge >= 0.3 is 0 Å². The molecule has 3 N–H and O–H groups in total. The zero-order chi connectivity index (χ0) is 22.2. The Balaban J connectivity index is 1.44. The summed E-state index contributed by atoms with van der Waals surface area (Å²) in [5.41, 5.74) is 5.26. The molecule has 0 fully saturated rings. The van der Waals surface area contributed by atoms with Crippen LogP contribution in [-0.4, -0.2) is 24.9 Å². The fraction of sp³-hybridized carbons (Fsp3) is 0.200. The normalized spacial score (nSPS) is 10.4. The highest BCUT2D eigenvalue weighted by atomic mass is 19.1. The molecule has 160 valence electrons. The molecule has 31 heavy (non-hydrogen) atoms. The van der Waals surface area contributed by atoms with Gasteiger partial charge in [0, 0.05) is 23.5 Å². The van der Waals surface area contributed by atoms with Crippen molar-refractivity contribution in [1.29, 1.82) is 0 Å². The van der Waals surface area contributed by atoms with Gasteiger partial charge in [0.2, 0.25) is 5.91 Å². The van der Waals surface area contributed by atoms with Crippen molar-refractivity contribution < 1.29 is 14.0 Å². The monoisotopic (exact) mass is 419 g/mol. The maximum Gasteiger partial charge on any atom is 0.251 e. The fourth-order valence-corrected chi connectivity index (χ4v) is 3.17. The van der Waals surface area contributed by atoms with Crippen LogP contribution in [-0.2, 0) is 11.2 Å². The number of hydrogen-bond acceptors (Lipinski definition) is 3. The van der Waals surface area contributed by atoms with Gasteiger partial charge in [0.05, 0.1) is 6.54 Å². The second-order valence-corrected chi connectivity index (χ2v) is 7.43. The van der Waals surface area contributed by atoms with Crippen molar-refractivity contribution in [3.05, 3.63) is 94.8 Å². The van der Waals surface area contributed by atoms with Gasteiger partial charge in [0.25, 0.3) is 5.91 Å². The molecular weight excluding hydrogens is 393 g/mol. The second kappa shape index (κ2) is 10.4. The third-order valence-electron chi connectivity index (χ3n) is 4.86. The summed E-state index contributed by atoms with van der Waals surface area (Å²) in [4.78, 5) is 24.5. The lowest BCUT2D eigenvalue weighted by Gasteiger charge is -2.11. The van der Waals surface area contributed by atoms with Crippen LogP contribution in [0.15, 0.2) is 66.7 Å². The van der Waals surface area contributed by atoms with Crippen molar-refractivity contribution in [2.24, 2.45) is 0 Å². The summed E-state index contributed by atoms with van der Waals surface area (Å²) in [5.74, 6) is -0.644. The van der Waals surface area contributed by atoms with Crippen LogP contribution in [0.4, 0.5) is 15.8 Å². The Morgan fingerprint density at radius 2 is 1.61 bits per heavy atom. The predicted octanol–water partition coefficient (Wildman–Crippen LogP) is 4.47. The van der Waals surface area contributed by atoms with Crippen LogP contribution in [0.3, 0.4) is 0 Å². The zero-order valence-electron chi connectivity index (χ0n) is 17.7. The van der Waals surface area contributed by atoms with Crippen LogP contribution in [0.1, 0.15) is 27.0 Å². The lowest BCUT2D eigenvalue weighted by Crippen LogP contribution is -2.25. The number of nitrogens with one attached hydrogen (secondary N) is 3. The number of anilines is 2. The average molecular weight is 420 g/mol. The molecule has 2 amide bonds. The molecule has 0 saturated carbocycles. The largest absolute Gasteiger partial charge is 0.376 e. The highest BCUT2D eigenvalue weighted by Gasteiger charge is 2.07. The van der Waals surface area contributed by atoms with E-state index >= 15 is 0 Å². The topological polar surface area (TPSA) is 70.2 Å². The van der Waals surface area contributed by atoms with Gasteiger partial charge in [-0.15, -0.1) is 0 Å². The first-order chi connectivity index (χ1) is 14.9. The summed E-state index contributed by atoms with van der Waals surface area (Å²) in [6.45, 7) is 4.62. The van der Waals surface area contributed by atoms with E-state index in [9.17, 15) is 14.0 Å². The molecule has 5 nitrogen and oxygen atoms in total. The number of carbonyl (C=O) groups excluding carboxylic acids is 2. The first-order valence-corrected chi connectivity index (χ1v) is 10.1. The number of hydrogen-bond donors (Lipinski definition) is 3. The first kappa shape index (κ1) is 22.0. The Labute approximate surface area is 181 Å². The number of benzene rings is 3. The molecule has 0 aliphatic rings. The Bertz CT molecular complexity index is 1050. The third-order valence-corrected chi connectivity index (χ3v) is 4.86. The van der Waals surface area contributed by atoms with Crippen LogP contribution in [0.5, 0.6) is 0 Å². The quantitative estimate of drug-likeness (QED) is 0.505. The lowest BCUT2D eigenvalue weighted by atomic mass is 10.1. The standard InChI is InChI=1S/C25H26FN3O2/c1-17-3-12-23(18(2)15-17)28-16-24(30)29-22-10-6-20(7-11-22)25(31)27-14-13-19-4-8-21(26)9-5-19/h3-12,15,28H,13-14,16H2,1-2H3,(H,27,31)(H,29,30). The molecule has 0 saturated heterocycles. The fourth-order valence-electron chi connectivity index (χ4n) is 3.17. The minimum Gasteiger partial charge on any atom is -0.376 e. The molecular formula is C25H26FN3O2. The maximum atomic E-state index is 12.9. The molecule has 0 aliphatic heterocycles. The lowest BCUT2D eigenvalue weighted by molar-refractivity contribution is -0.114. The summed E-state index contributed by atoms with van der Waals surface area (Å²) in [7, 11) is 0. The van der Waals surface area contributed by atoms with Crippen molar-refractivity contribution >= 4 is 23.2 Å². The van der Waals surface area contributed by atoms with Crippen LogP contribution in [0.2, 0.25) is 0 Å². The summed E-state index contributed by atoms with van der Waals surface area (Å²) in [5, 5.41) is 8.79. The Kier molecular flexibility index (Phi) is 7.38. The van der Waals surface area contributed by atoms with Crippen LogP contribution >= 0.6 is 0 Å². The molecule has 0 bridgehead atoms. The molecule has 6 heteroatoms. The summed E-state index contributed by atoms with van der Waals surface area (Å²) in [6.07, 6.45) is 0.619. The molecule has 0 aromatic heterocycles. The van der Waals surface area contributed by atoms with E-state index < -0.39 is 0 Å². The van der Waals surface area contributed by atoms with Crippen molar-refractivity contribution in [1.82, 2.24) is 5.32 Å². The molecule has 3 aromatic carbocycles. The van der Waals surface area contributed by atoms with E-state index in [4.69, 9.17) is 0 Å². The Morgan fingerprint density at radius 1 is 0.903 bits per heavy atom. The number of amides is 2. The maximum absolute atomic E-state index is 12.9. The molecule has 3 rings (SSSR count). The SMILES string of the molecule is Cc1ccc(NCC(=O)Nc2ccc(C(=O)NCCc3ccc(F)cc3)cc2)c(C)c1. The van der Waals surface area contributed by atoms with E-state index in [-0.39, 0.29) is 24.2 Å². The third kappa shape index (κ3) is 6.67. The molecule has 0 aliphatic carbocycles. The van der Waals surface area contributed by atoms with Gasteiger partial charge < -0.3 is 16.0 Å². The molecule has 0 atom stereocenters. The van der Waals surface area contributed by atoms with Gasteiger partial charge in [-0.05, 0) is 73.9 Å². The van der Waals surface area contributed by atoms with Crippen molar-refractivity contribution in [2.75, 3.05) is 23.7 Å². The minimum absolute atomic E-state index is 0.148.